The Bertz CT molecular complexity index is 620. The lowest BCUT2D eigenvalue weighted by atomic mass is 10.1. The Balaban J connectivity index is 2.34. The van der Waals surface area contributed by atoms with E-state index < -0.39 is 16.5 Å². The van der Waals surface area contributed by atoms with Crippen LogP contribution in [0.4, 0.5) is 11.4 Å². The first-order chi connectivity index (χ1) is 9.90. The molecule has 1 heterocycles. The van der Waals surface area contributed by atoms with E-state index in [0.717, 1.165) is 6.07 Å². The first kappa shape index (κ1) is 15.0. The Kier molecular flexibility index (Phi) is 4.27. The zero-order chi connectivity index (χ0) is 15.6. The largest absolute Gasteiger partial charge is 0.392 e. The Morgan fingerprint density at radius 1 is 1.48 bits per heavy atom. The molecule has 1 aromatic rings. The van der Waals surface area contributed by atoms with Crippen molar-refractivity contribution in [1.82, 2.24) is 10.2 Å². The minimum atomic E-state index is -0.701. The van der Waals surface area contributed by atoms with E-state index in [9.17, 15) is 19.7 Å². The molecule has 3 N–H and O–H groups in total. The van der Waals surface area contributed by atoms with E-state index in [0.29, 0.717) is 19.5 Å². The summed E-state index contributed by atoms with van der Waals surface area (Å²) in [4.78, 5) is 35.4. The molecule has 1 aromatic carbocycles. The van der Waals surface area contributed by atoms with Crippen LogP contribution in [0, 0.1) is 10.1 Å². The number of anilines is 1. The SMILES string of the molecule is Nc1c(Cl)cc(C(=O)N2CCCNC(=O)C2)cc1[N+](=O)[O-]. The molecule has 21 heavy (non-hydrogen) atoms. The van der Waals surface area contributed by atoms with Gasteiger partial charge in [0, 0.05) is 24.7 Å². The molecule has 0 aliphatic carbocycles. The van der Waals surface area contributed by atoms with Crippen molar-refractivity contribution in [3.05, 3.63) is 32.8 Å². The fraction of sp³-hybridized carbons (Fsp3) is 0.333. The maximum atomic E-state index is 12.4. The van der Waals surface area contributed by atoms with Crippen LogP contribution >= 0.6 is 11.6 Å². The van der Waals surface area contributed by atoms with Crippen molar-refractivity contribution >= 4 is 34.8 Å². The van der Waals surface area contributed by atoms with E-state index >= 15 is 0 Å². The number of hydrogen-bond donors (Lipinski definition) is 2. The van der Waals surface area contributed by atoms with Gasteiger partial charge in [0.05, 0.1) is 16.5 Å². The second kappa shape index (κ2) is 5.96. The molecule has 0 atom stereocenters. The molecule has 1 saturated heterocycles. The topological polar surface area (TPSA) is 119 Å². The summed E-state index contributed by atoms with van der Waals surface area (Å²) in [6.07, 6.45) is 0.613. The molecule has 8 nitrogen and oxygen atoms in total. The van der Waals surface area contributed by atoms with E-state index in [4.69, 9.17) is 17.3 Å². The highest BCUT2D eigenvalue weighted by atomic mass is 35.5. The van der Waals surface area contributed by atoms with Gasteiger partial charge in [-0.15, -0.1) is 0 Å². The van der Waals surface area contributed by atoms with Crippen molar-refractivity contribution in [1.29, 1.82) is 0 Å². The monoisotopic (exact) mass is 312 g/mol. The van der Waals surface area contributed by atoms with E-state index in [1.54, 1.807) is 0 Å². The highest BCUT2D eigenvalue weighted by Crippen LogP contribution is 2.31. The smallest absolute Gasteiger partial charge is 0.294 e. The van der Waals surface area contributed by atoms with Gasteiger partial charge >= 0.3 is 0 Å². The number of nitro benzene ring substituents is 1. The molecule has 0 unspecified atom stereocenters. The Morgan fingerprint density at radius 3 is 2.86 bits per heavy atom. The van der Waals surface area contributed by atoms with E-state index in [2.05, 4.69) is 5.32 Å². The lowest BCUT2D eigenvalue weighted by molar-refractivity contribution is -0.383. The molecule has 1 aliphatic heterocycles. The van der Waals surface area contributed by atoms with Crippen LogP contribution in [0.5, 0.6) is 0 Å². The van der Waals surface area contributed by atoms with Crippen molar-refractivity contribution < 1.29 is 14.5 Å². The number of hydrogen-bond acceptors (Lipinski definition) is 5. The average molecular weight is 313 g/mol. The van der Waals surface area contributed by atoms with Crippen LogP contribution in [-0.4, -0.2) is 41.3 Å². The van der Waals surface area contributed by atoms with Crippen LogP contribution in [0.2, 0.25) is 5.02 Å². The molecule has 0 bridgehead atoms. The molecular formula is C12H13ClN4O4. The van der Waals surface area contributed by atoms with Crippen LogP contribution in [0.15, 0.2) is 12.1 Å². The van der Waals surface area contributed by atoms with E-state index in [-0.39, 0.29) is 28.7 Å². The maximum Gasteiger partial charge on any atom is 0.294 e. The number of amides is 2. The Labute approximate surface area is 125 Å². The summed E-state index contributed by atoms with van der Waals surface area (Å²) in [7, 11) is 0. The quantitative estimate of drug-likeness (QED) is 0.475. The predicted octanol–water partition coefficient (Wildman–Crippen LogP) is 0.792. The highest BCUT2D eigenvalue weighted by molar-refractivity contribution is 6.34. The molecule has 1 aliphatic rings. The van der Waals surface area contributed by atoms with E-state index in [1.165, 1.54) is 11.0 Å². The summed E-state index contributed by atoms with van der Waals surface area (Å²) < 4.78 is 0. The molecule has 0 aromatic heterocycles. The number of benzene rings is 1. The van der Waals surface area contributed by atoms with Gasteiger partial charge in [-0.25, -0.2) is 0 Å². The van der Waals surface area contributed by atoms with E-state index in [1.807, 2.05) is 0 Å². The predicted molar refractivity (Wildman–Crippen MR) is 76.0 cm³/mol. The number of nitro groups is 1. The fourth-order valence-corrected chi connectivity index (χ4v) is 2.25. The number of nitrogens with one attached hydrogen (secondary N) is 1. The van der Waals surface area contributed by atoms with Gasteiger partial charge in [0.1, 0.15) is 5.69 Å². The fourth-order valence-electron chi connectivity index (χ4n) is 2.04. The molecule has 1 fully saturated rings. The number of nitrogen functional groups attached to an aromatic ring is 1. The third kappa shape index (κ3) is 3.22. The van der Waals surface area contributed by atoms with Gasteiger partial charge in [-0.3, -0.25) is 19.7 Å². The Morgan fingerprint density at radius 2 is 2.19 bits per heavy atom. The summed E-state index contributed by atoms with van der Waals surface area (Å²) in [6, 6.07) is 2.35. The van der Waals surface area contributed by atoms with Gasteiger partial charge in [-0.2, -0.15) is 0 Å². The van der Waals surface area contributed by atoms with Crippen molar-refractivity contribution in [3.63, 3.8) is 0 Å². The Hall–Kier alpha value is -2.35. The number of nitrogens with two attached hydrogens (primary N) is 1. The second-order valence-electron chi connectivity index (χ2n) is 4.58. The van der Waals surface area contributed by atoms with Crippen LogP contribution in [0.3, 0.4) is 0 Å². The molecular weight excluding hydrogens is 300 g/mol. The molecule has 2 amide bonds. The van der Waals surface area contributed by atoms with Gasteiger partial charge in [0.25, 0.3) is 11.6 Å². The van der Waals surface area contributed by atoms with Crippen LogP contribution in [-0.2, 0) is 4.79 Å². The summed E-state index contributed by atoms with van der Waals surface area (Å²) in [5.74, 6) is -0.756. The summed E-state index contributed by atoms with van der Waals surface area (Å²) >= 11 is 5.83. The van der Waals surface area contributed by atoms with Gasteiger partial charge in [-0.05, 0) is 12.5 Å². The summed E-state index contributed by atoms with van der Waals surface area (Å²) in [5.41, 5.74) is 4.94. The number of rotatable bonds is 2. The highest BCUT2D eigenvalue weighted by Gasteiger charge is 2.25. The van der Waals surface area contributed by atoms with Crippen molar-refractivity contribution in [2.75, 3.05) is 25.4 Å². The zero-order valence-corrected chi connectivity index (χ0v) is 11.7. The minimum absolute atomic E-state index is 0.0376. The number of nitrogens with zero attached hydrogens (tertiary/aromatic N) is 2. The molecule has 0 radical (unpaired) electrons. The first-order valence-electron chi connectivity index (χ1n) is 6.19. The maximum absolute atomic E-state index is 12.4. The molecule has 9 heteroatoms. The van der Waals surface area contributed by atoms with Crippen molar-refractivity contribution in [3.8, 4) is 0 Å². The molecule has 2 rings (SSSR count). The first-order valence-corrected chi connectivity index (χ1v) is 6.57. The normalized spacial score (nSPS) is 15.3. The average Bonchev–Trinajstić information content (AvgIpc) is 2.65. The van der Waals surface area contributed by atoms with Crippen LogP contribution in [0.1, 0.15) is 16.8 Å². The van der Waals surface area contributed by atoms with Gasteiger partial charge in [0.2, 0.25) is 5.91 Å². The van der Waals surface area contributed by atoms with Crippen LogP contribution < -0.4 is 11.1 Å². The number of carbonyl (C=O) groups excluding carboxylic acids is 2. The lowest BCUT2D eigenvalue weighted by Crippen LogP contribution is -2.37. The summed E-state index contributed by atoms with van der Waals surface area (Å²) in [5, 5.41) is 13.5. The standard InChI is InChI=1S/C12H13ClN4O4/c13-8-4-7(5-9(11(8)14)17(20)21)12(19)16-3-1-2-15-10(18)6-16/h4-5H,1-3,6,14H2,(H,15,18). The molecule has 112 valence electrons. The van der Waals surface area contributed by atoms with Gasteiger partial charge < -0.3 is 16.0 Å². The number of carbonyl (C=O) groups is 2. The van der Waals surface area contributed by atoms with Crippen molar-refractivity contribution in [2.45, 2.75) is 6.42 Å². The third-order valence-electron chi connectivity index (χ3n) is 3.10. The molecule has 0 spiro atoms. The van der Waals surface area contributed by atoms with Gasteiger partial charge in [-0.1, -0.05) is 11.6 Å². The number of halogens is 1. The zero-order valence-electron chi connectivity index (χ0n) is 11.0. The second-order valence-corrected chi connectivity index (χ2v) is 4.99. The lowest BCUT2D eigenvalue weighted by Gasteiger charge is -2.19. The minimum Gasteiger partial charge on any atom is -0.392 e. The van der Waals surface area contributed by atoms with Gasteiger partial charge in [0.15, 0.2) is 0 Å². The molecule has 0 saturated carbocycles. The summed E-state index contributed by atoms with van der Waals surface area (Å²) in [6.45, 7) is 0.785. The van der Waals surface area contributed by atoms with Crippen molar-refractivity contribution in [2.24, 2.45) is 0 Å². The third-order valence-corrected chi connectivity index (χ3v) is 3.41. The van der Waals surface area contributed by atoms with Crippen LogP contribution in [0.25, 0.3) is 0 Å².